The molecule has 2 aromatic rings. The molecule has 2 aliphatic rings. The number of ether oxygens (including phenoxy) is 3. The largest absolute Gasteiger partial charge is 0.494 e. The van der Waals surface area contributed by atoms with Gasteiger partial charge in [0.1, 0.15) is 23.7 Å². The summed E-state index contributed by atoms with van der Waals surface area (Å²) < 4.78 is 58.0. The highest BCUT2D eigenvalue weighted by atomic mass is 32.2. The summed E-state index contributed by atoms with van der Waals surface area (Å²) in [5, 5.41) is 5.87. The van der Waals surface area contributed by atoms with Gasteiger partial charge in [0.25, 0.3) is 0 Å². The molecule has 2 fully saturated rings. The lowest BCUT2D eigenvalue weighted by Crippen LogP contribution is -2.57. The van der Waals surface area contributed by atoms with Gasteiger partial charge in [0, 0.05) is 52.4 Å². The summed E-state index contributed by atoms with van der Waals surface area (Å²) in [5.41, 5.74) is 0.805. The number of amides is 2. The van der Waals surface area contributed by atoms with Crippen LogP contribution in [0.1, 0.15) is 44.1 Å². The molecule has 4 rings (SSSR count). The van der Waals surface area contributed by atoms with Crippen molar-refractivity contribution in [3.63, 3.8) is 0 Å². The summed E-state index contributed by atoms with van der Waals surface area (Å²) in [6.07, 6.45) is 3.82. The van der Waals surface area contributed by atoms with E-state index in [2.05, 4.69) is 10.6 Å². The van der Waals surface area contributed by atoms with Gasteiger partial charge in [0.05, 0.1) is 11.5 Å². The first-order valence-electron chi connectivity index (χ1n) is 14.4. The second kappa shape index (κ2) is 15.4. The summed E-state index contributed by atoms with van der Waals surface area (Å²) in [7, 11) is -2.50. The van der Waals surface area contributed by atoms with E-state index in [1.54, 1.807) is 7.11 Å². The smallest absolute Gasteiger partial charge is 0.243 e. The minimum Gasteiger partial charge on any atom is -0.494 e. The number of carbonyl (C=O) groups excluding carboxylic acids is 2. The van der Waals surface area contributed by atoms with E-state index in [0.717, 1.165) is 22.4 Å². The van der Waals surface area contributed by atoms with Gasteiger partial charge in [-0.2, -0.15) is 4.31 Å². The van der Waals surface area contributed by atoms with Crippen molar-refractivity contribution < 1.29 is 36.6 Å². The SMILES string of the molecule is COCCCOc1ccc(C[C@H](NC(=O)C2CCCCN2S(=O)(=O)c2cccc(F)c2)C(=O)NC2CCOCC2)cc1. The number of sulfonamides is 1. The van der Waals surface area contributed by atoms with E-state index in [1.165, 1.54) is 18.2 Å². The van der Waals surface area contributed by atoms with Crippen LogP contribution < -0.4 is 15.4 Å². The number of piperidine rings is 1. The third kappa shape index (κ3) is 8.73. The van der Waals surface area contributed by atoms with E-state index in [4.69, 9.17) is 14.2 Å². The topological polar surface area (TPSA) is 123 Å². The highest BCUT2D eigenvalue weighted by Crippen LogP contribution is 2.26. The Bertz CT molecular complexity index is 1290. The molecule has 230 valence electrons. The summed E-state index contributed by atoms with van der Waals surface area (Å²) in [6, 6.07) is 10.0. The van der Waals surface area contributed by atoms with Crippen molar-refractivity contribution in [2.45, 2.75) is 68.0 Å². The Kier molecular flexibility index (Phi) is 11.7. The van der Waals surface area contributed by atoms with Crippen LogP contribution in [0.4, 0.5) is 4.39 Å². The second-order valence-corrected chi connectivity index (χ2v) is 12.5. The molecule has 1 unspecified atom stereocenters. The molecule has 0 saturated carbocycles. The Morgan fingerprint density at radius 3 is 2.55 bits per heavy atom. The van der Waals surface area contributed by atoms with Gasteiger partial charge in [-0.15, -0.1) is 0 Å². The fourth-order valence-electron chi connectivity index (χ4n) is 5.19. The maximum Gasteiger partial charge on any atom is 0.243 e. The average Bonchev–Trinajstić information content (AvgIpc) is 3.00. The Morgan fingerprint density at radius 2 is 1.83 bits per heavy atom. The highest BCUT2D eigenvalue weighted by molar-refractivity contribution is 7.89. The first kappa shape index (κ1) is 31.9. The number of hydrogen-bond acceptors (Lipinski definition) is 7. The van der Waals surface area contributed by atoms with Crippen LogP contribution in [0.2, 0.25) is 0 Å². The van der Waals surface area contributed by atoms with Crippen molar-refractivity contribution in [1.82, 2.24) is 14.9 Å². The Balaban J connectivity index is 1.49. The molecule has 2 N–H and O–H groups in total. The lowest BCUT2D eigenvalue weighted by Gasteiger charge is -2.34. The van der Waals surface area contributed by atoms with Crippen molar-refractivity contribution in [2.24, 2.45) is 0 Å². The summed E-state index contributed by atoms with van der Waals surface area (Å²) in [5.74, 6) is -0.891. The number of hydrogen-bond donors (Lipinski definition) is 2. The molecule has 2 heterocycles. The van der Waals surface area contributed by atoms with Crippen LogP contribution in [-0.4, -0.2) is 82.7 Å². The molecule has 2 aromatic carbocycles. The highest BCUT2D eigenvalue weighted by Gasteiger charge is 2.39. The van der Waals surface area contributed by atoms with Crippen LogP contribution in [0.3, 0.4) is 0 Å². The molecule has 2 amide bonds. The Labute approximate surface area is 246 Å². The van der Waals surface area contributed by atoms with Crippen molar-refractivity contribution >= 4 is 21.8 Å². The van der Waals surface area contributed by atoms with E-state index < -0.39 is 33.8 Å². The number of nitrogens with one attached hydrogen (secondary N) is 2. The van der Waals surface area contributed by atoms with Crippen LogP contribution in [0.5, 0.6) is 5.75 Å². The molecular weight excluding hydrogens is 565 g/mol. The maximum absolute atomic E-state index is 13.9. The molecular formula is C30H40FN3O7S. The van der Waals surface area contributed by atoms with E-state index in [0.29, 0.717) is 64.3 Å². The van der Waals surface area contributed by atoms with Crippen molar-refractivity contribution in [2.75, 3.05) is 40.1 Å². The van der Waals surface area contributed by atoms with Crippen LogP contribution in [0.15, 0.2) is 53.4 Å². The van der Waals surface area contributed by atoms with Gasteiger partial charge in [-0.05, 0) is 61.6 Å². The minimum absolute atomic E-state index is 0.0759. The number of rotatable bonds is 13. The molecule has 2 aliphatic heterocycles. The molecule has 42 heavy (non-hydrogen) atoms. The third-order valence-electron chi connectivity index (χ3n) is 7.48. The van der Waals surface area contributed by atoms with Gasteiger partial charge in [0.2, 0.25) is 21.8 Å². The van der Waals surface area contributed by atoms with Crippen molar-refractivity contribution in [3.05, 3.63) is 59.9 Å². The molecule has 0 bridgehead atoms. The summed E-state index contributed by atoms with van der Waals surface area (Å²) >= 11 is 0. The summed E-state index contributed by atoms with van der Waals surface area (Å²) in [6.45, 7) is 2.33. The Hall–Kier alpha value is -3.06. The average molecular weight is 606 g/mol. The molecule has 0 aliphatic carbocycles. The van der Waals surface area contributed by atoms with Crippen LogP contribution in [0, 0.1) is 5.82 Å². The lowest BCUT2D eigenvalue weighted by atomic mass is 10.0. The van der Waals surface area contributed by atoms with Gasteiger partial charge in [-0.25, -0.2) is 12.8 Å². The van der Waals surface area contributed by atoms with Crippen LogP contribution in [-0.2, 0) is 35.5 Å². The van der Waals surface area contributed by atoms with Crippen LogP contribution in [0.25, 0.3) is 0 Å². The van der Waals surface area contributed by atoms with Crippen molar-refractivity contribution in [3.8, 4) is 5.75 Å². The quantitative estimate of drug-likeness (QED) is 0.337. The molecule has 10 nitrogen and oxygen atoms in total. The first-order valence-corrected chi connectivity index (χ1v) is 15.9. The first-order chi connectivity index (χ1) is 20.3. The van der Waals surface area contributed by atoms with Crippen molar-refractivity contribution in [1.29, 1.82) is 0 Å². The normalized spacial score (nSPS) is 19.1. The molecule has 2 atom stereocenters. The zero-order valence-corrected chi connectivity index (χ0v) is 24.7. The number of benzene rings is 2. The van der Waals surface area contributed by atoms with Gasteiger partial charge in [-0.3, -0.25) is 9.59 Å². The second-order valence-electron chi connectivity index (χ2n) is 10.6. The standard InChI is InChI=1S/C30H40FN3O7S/c1-39-16-5-17-41-25-11-9-22(10-12-25)20-27(29(35)32-24-13-18-40-19-14-24)33-30(36)28-8-2-3-15-34(28)42(37,38)26-7-4-6-23(31)21-26/h4,6-7,9-12,21,24,27-28H,2-3,5,8,13-20H2,1H3,(H,32,35)(H,33,36)/t27-,28?/m0/s1. The van der Waals surface area contributed by atoms with Gasteiger partial charge in [-0.1, -0.05) is 24.6 Å². The van der Waals surface area contributed by atoms with Crippen LogP contribution >= 0.6 is 0 Å². The van der Waals surface area contributed by atoms with E-state index in [9.17, 15) is 22.4 Å². The zero-order chi connectivity index (χ0) is 30.0. The third-order valence-corrected chi connectivity index (χ3v) is 9.39. The number of halogens is 1. The van der Waals surface area contributed by atoms with Gasteiger partial charge >= 0.3 is 0 Å². The minimum atomic E-state index is -4.14. The molecule has 12 heteroatoms. The number of carbonyl (C=O) groups is 2. The lowest BCUT2D eigenvalue weighted by molar-refractivity contribution is -0.132. The predicted molar refractivity (Wildman–Crippen MR) is 154 cm³/mol. The van der Waals surface area contributed by atoms with Gasteiger partial charge < -0.3 is 24.8 Å². The fourth-order valence-corrected chi connectivity index (χ4v) is 6.88. The summed E-state index contributed by atoms with van der Waals surface area (Å²) in [4.78, 5) is 26.9. The molecule has 2 saturated heterocycles. The predicted octanol–water partition coefficient (Wildman–Crippen LogP) is 2.81. The monoisotopic (exact) mass is 605 g/mol. The van der Waals surface area contributed by atoms with E-state index in [1.807, 2.05) is 24.3 Å². The molecule has 0 spiro atoms. The van der Waals surface area contributed by atoms with E-state index >= 15 is 0 Å². The van der Waals surface area contributed by atoms with E-state index in [-0.39, 0.29) is 29.8 Å². The zero-order valence-electron chi connectivity index (χ0n) is 23.9. The molecule has 0 aromatic heterocycles. The Morgan fingerprint density at radius 1 is 1.07 bits per heavy atom. The fraction of sp³-hybridized carbons (Fsp3) is 0.533. The maximum atomic E-state index is 13.9. The number of methoxy groups -OCH3 is 1. The van der Waals surface area contributed by atoms with Gasteiger partial charge in [0.15, 0.2) is 0 Å². The molecule has 0 radical (unpaired) electrons. The number of nitrogens with zero attached hydrogens (tertiary/aromatic N) is 1.